The van der Waals surface area contributed by atoms with Gasteiger partial charge in [0.2, 0.25) is 0 Å². The lowest BCUT2D eigenvalue weighted by Gasteiger charge is -2.07. The fraction of sp³-hybridized carbons (Fsp3) is 0.0667. The Labute approximate surface area is 120 Å². The highest BCUT2D eigenvalue weighted by Gasteiger charge is 2.09. The summed E-state index contributed by atoms with van der Waals surface area (Å²) < 4.78 is 13.3. The second kappa shape index (κ2) is 4.72. The molecule has 5 heteroatoms. The number of hydrogen-bond acceptors (Lipinski definition) is 3. The Kier molecular flexibility index (Phi) is 3.03. The largest absolute Gasteiger partial charge is 0.383 e. The van der Waals surface area contributed by atoms with E-state index in [1.54, 1.807) is 12.1 Å². The number of benzene rings is 2. The highest BCUT2D eigenvalue weighted by molar-refractivity contribution is 6.31. The Hall–Kier alpha value is -2.20. The van der Waals surface area contributed by atoms with Crippen molar-refractivity contribution in [3.63, 3.8) is 0 Å². The number of aromatic nitrogens is 2. The van der Waals surface area contributed by atoms with Crippen LogP contribution in [0.2, 0.25) is 5.02 Å². The maximum absolute atomic E-state index is 13.3. The molecule has 1 heterocycles. The van der Waals surface area contributed by atoms with Crippen molar-refractivity contribution in [2.45, 2.75) is 6.92 Å². The second-order valence-electron chi connectivity index (χ2n) is 4.56. The van der Waals surface area contributed by atoms with Crippen LogP contribution < -0.4 is 5.73 Å². The summed E-state index contributed by atoms with van der Waals surface area (Å²) in [5.41, 5.74) is 8.10. The fourth-order valence-electron chi connectivity index (χ4n) is 1.99. The zero-order valence-electron chi connectivity index (χ0n) is 10.7. The molecule has 0 spiro atoms. The van der Waals surface area contributed by atoms with Gasteiger partial charge in [0.25, 0.3) is 0 Å². The van der Waals surface area contributed by atoms with Gasteiger partial charge in [-0.05, 0) is 30.7 Å². The van der Waals surface area contributed by atoms with E-state index >= 15 is 0 Å². The summed E-state index contributed by atoms with van der Waals surface area (Å²) in [5, 5.41) is 1.26. The minimum Gasteiger partial charge on any atom is -0.383 e. The van der Waals surface area contributed by atoms with E-state index < -0.39 is 0 Å². The number of anilines is 1. The summed E-state index contributed by atoms with van der Waals surface area (Å²) in [5.74, 6) is 0.396. The summed E-state index contributed by atoms with van der Waals surface area (Å²) >= 11 is 6.10. The van der Waals surface area contributed by atoms with Gasteiger partial charge < -0.3 is 5.73 Å². The predicted octanol–water partition coefficient (Wildman–Crippen LogP) is 3.98. The van der Waals surface area contributed by atoms with Crippen LogP contribution in [0.4, 0.5) is 10.2 Å². The van der Waals surface area contributed by atoms with Gasteiger partial charge in [0.1, 0.15) is 11.6 Å². The van der Waals surface area contributed by atoms with Crippen LogP contribution in [0.3, 0.4) is 0 Å². The smallest absolute Gasteiger partial charge is 0.162 e. The van der Waals surface area contributed by atoms with Crippen molar-refractivity contribution in [3.8, 4) is 11.4 Å². The standard InChI is InChI=1S/C15H11ClFN3/c1-8-2-3-9(6-12(8)16)15-19-13-7-10(17)4-5-11(13)14(18)20-15/h2-7H,1H3,(H2,18,19,20). The van der Waals surface area contributed by atoms with Crippen LogP contribution in [-0.2, 0) is 0 Å². The molecule has 20 heavy (non-hydrogen) atoms. The van der Waals surface area contributed by atoms with Gasteiger partial charge in [-0.15, -0.1) is 0 Å². The summed E-state index contributed by atoms with van der Waals surface area (Å²) in [7, 11) is 0. The van der Waals surface area contributed by atoms with E-state index in [9.17, 15) is 4.39 Å². The average Bonchev–Trinajstić information content (AvgIpc) is 2.41. The van der Waals surface area contributed by atoms with Crippen LogP contribution in [0, 0.1) is 12.7 Å². The van der Waals surface area contributed by atoms with E-state index in [0.717, 1.165) is 11.1 Å². The first-order valence-corrected chi connectivity index (χ1v) is 6.42. The van der Waals surface area contributed by atoms with Crippen molar-refractivity contribution < 1.29 is 4.39 Å². The van der Waals surface area contributed by atoms with Gasteiger partial charge >= 0.3 is 0 Å². The van der Waals surface area contributed by atoms with Gasteiger partial charge in [-0.25, -0.2) is 14.4 Å². The molecule has 2 aromatic carbocycles. The number of aryl methyl sites for hydroxylation is 1. The quantitative estimate of drug-likeness (QED) is 0.736. The van der Waals surface area contributed by atoms with Crippen molar-refractivity contribution in [2.75, 3.05) is 5.73 Å². The molecule has 0 radical (unpaired) electrons. The number of nitrogen functional groups attached to an aromatic ring is 1. The number of nitrogens with zero attached hydrogens (tertiary/aromatic N) is 2. The molecule has 0 aliphatic rings. The Morgan fingerprint density at radius 3 is 2.65 bits per heavy atom. The first kappa shape index (κ1) is 12.8. The van der Waals surface area contributed by atoms with E-state index in [-0.39, 0.29) is 5.82 Å². The van der Waals surface area contributed by atoms with Crippen molar-refractivity contribution in [2.24, 2.45) is 0 Å². The molecule has 0 aliphatic carbocycles. The van der Waals surface area contributed by atoms with E-state index in [4.69, 9.17) is 17.3 Å². The molecular formula is C15H11ClFN3. The SMILES string of the molecule is Cc1ccc(-c2nc(N)c3ccc(F)cc3n2)cc1Cl. The third-order valence-electron chi connectivity index (χ3n) is 3.12. The van der Waals surface area contributed by atoms with Crippen LogP contribution >= 0.6 is 11.6 Å². The molecule has 3 rings (SSSR count). The van der Waals surface area contributed by atoms with Crippen LogP contribution in [0.1, 0.15) is 5.56 Å². The van der Waals surface area contributed by atoms with E-state index in [2.05, 4.69) is 9.97 Å². The molecule has 1 aromatic heterocycles. The van der Waals surface area contributed by atoms with Gasteiger partial charge in [-0.3, -0.25) is 0 Å². The topological polar surface area (TPSA) is 51.8 Å². The number of rotatable bonds is 1. The van der Waals surface area contributed by atoms with Crippen LogP contribution in [0.15, 0.2) is 36.4 Å². The third kappa shape index (κ3) is 2.18. The molecular weight excluding hydrogens is 277 g/mol. The zero-order chi connectivity index (χ0) is 14.3. The molecule has 0 unspecified atom stereocenters. The Morgan fingerprint density at radius 2 is 1.90 bits per heavy atom. The predicted molar refractivity (Wildman–Crippen MR) is 79.1 cm³/mol. The highest BCUT2D eigenvalue weighted by Crippen LogP contribution is 2.26. The molecule has 100 valence electrons. The van der Waals surface area contributed by atoms with Crippen molar-refractivity contribution >= 4 is 28.3 Å². The van der Waals surface area contributed by atoms with Crippen molar-refractivity contribution in [3.05, 3.63) is 52.8 Å². The highest BCUT2D eigenvalue weighted by atomic mass is 35.5. The van der Waals surface area contributed by atoms with Crippen molar-refractivity contribution in [1.29, 1.82) is 0 Å². The van der Waals surface area contributed by atoms with Gasteiger partial charge in [-0.1, -0.05) is 23.7 Å². The van der Waals surface area contributed by atoms with Crippen molar-refractivity contribution in [1.82, 2.24) is 9.97 Å². The number of hydrogen-bond donors (Lipinski definition) is 1. The second-order valence-corrected chi connectivity index (χ2v) is 4.97. The normalized spacial score (nSPS) is 10.9. The van der Waals surface area contributed by atoms with Crippen LogP contribution in [-0.4, -0.2) is 9.97 Å². The fourth-order valence-corrected chi connectivity index (χ4v) is 2.17. The number of nitrogens with two attached hydrogens (primary N) is 1. The first-order valence-electron chi connectivity index (χ1n) is 6.04. The lowest BCUT2D eigenvalue weighted by atomic mass is 10.1. The number of fused-ring (bicyclic) bond motifs is 1. The first-order chi connectivity index (χ1) is 9.54. The third-order valence-corrected chi connectivity index (χ3v) is 3.53. The summed E-state index contributed by atoms with van der Waals surface area (Å²) in [6.07, 6.45) is 0. The molecule has 0 saturated carbocycles. The molecule has 3 nitrogen and oxygen atoms in total. The van der Waals surface area contributed by atoms with E-state index in [1.165, 1.54) is 12.1 Å². The minimum absolute atomic E-state index is 0.321. The van der Waals surface area contributed by atoms with Gasteiger partial charge in [0.05, 0.1) is 5.52 Å². The van der Waals surface area contributed by atoms with E-state index in [1.807, 2.05) is 19.1 Å². The Balaban J connectivity index is 2.23. The molecule has 0 aliphatic heterocycles. The van der Waals surface area contributed by atoms with Crippen LogP contribution in [0.5, 0.6) is 0 Å². The molecule has 2 N–H and O–H groups in total. The maximum atomic E-state index is 13.3. The minimum atomic E-state index is -0.358. The molecule has 0 amide bonds. The Bertz CT molecular complexity index is 818. The maximum Gasteiger partial charge on any atom is 0.162 e. The van der Waals surface area contributed by atoms with Gasteiger partial charge in [0, 0.05) is 22.0 Å². The van der Waals surface area contributed by atoms with E-state index in [0.29, 0.717) is 27.6 Å². The molecule has 0 bridgehead atoms. The molecule has 3 aromatic rings. The lowest BCUT2D eigenvalue weighted by molar-refractivity contribution is 0.629. The molecule has 0 saturated heterocycles. The monoisotopic (exact) mass is 287 g/mol. The molecule has 0 atom stereocenters. The molecule has 0 fully saturated rings. The Morgan fingerprint density at radius 1 is 1.10 bits per heavy atom. The van der Waals surface area contributed by atoms with Gasteiger partial charge in [0.15, 0.2) is 5.82 Å². The number of halogens is 2. The lowest BCUT2D eigenvalue weighted by Crippen LogP contribution is -1.98. The van der Waals surface area contributed by atoms with Crippen LogP contribution in [0.25, 0.3) is 22.3 Å². The average molecular weight is 288 g/mol. The summed E-state index contributed by atoms with van der Waals surface area (Å²) in [4.78, 5) is 8.61. The summed E-state index contributed by atoms with van der Waals surface area (Å²) in [6, 6.07) is 9.77. The summed E-state index contributed by atoms with van der Waals surface area (Å²) in [6.45, 7) is 1.91. The zero-order valence-corrected chi connectivity index (χ0v) is 11.4. The van der Waals surface area contributed by atoms with Gasteiger partial charge in [-0.2, -0.15) is 0 Å².